The molecular weight excluding hydrogens is 317 g/mol. The molecule has 1 aromatic rings. The van der Waals surface area contributed by atoms with Crippen LogP contribution in [-0.4, -0.2) is 34.9 Å². The van der Waals surface area contributed by atoms with E-state index in [1.807, 2.05) is 48.5 Å². The van der Waals surface area contributed by atoms with E-state index in [1.54, 1.807) is 6.20 Å². The van der Waals surface area contributed by atoms with E-state index in [2.05, 4.69) is 4.98 Å². The number of carbonyl (C=O) groups excluding carboxylic acids is 1. The Kier molecular flexibility index (Phi) is 4.36. The van der Waals surface area contributed by atoms with E-state index in [-0.39, 0.29) is 5.97 Å². The maximum atomic E-state index is 12.6. The lowest BCUT2D eigenvalue weighted by Gasteiger charge is -2.32. The van der Waals surface area contributed by atoms with Gasteiger partial charge in [0.25, 0.3) is 0 Å². The number of aromatic amines is 1. The topological polar surface area (TPSA) is 60.6 Å². The summed E-state index contributed by atoms with van der Waals surface area (Å²) in [7, 11) is -0.491. The lowest BCUT2D eigenvalue weighted by atomic mass is 9.80. The highest BCUT2D eigenvalue weighted by Crippen LogP contribution is 2.38. The summed E-state index contributed by atoms with van der Waals surface area (Å²) in [6.45, 7) is 13.8. The Bertz CT molecular complexity index is 651. The fourth-order valence-electron chi connectivity index (χ4n) is 2.99. The summed E-state index contributed by atoms with van der Waals surface area (Å²) in [6.07, 6.45) is 5.02. The molecule has 0 spiro atoms. The van der Waals surface area contributed by atoms with Crippen LogP contribution in [0.1, 0.15) is 77.2 Å². The number of nitrogens with one attached hydrogen (secondary N) is 1. The van der Waals surface area contributed by atoms with Gasteiger partial charge in [0, 0.05) is 11.8 Å². The van der Waals surface area contributed by atoms with Gasteiger partial charge in [-0.2, -0.15) is 0 Å². The number of carbonyl (C=O) groups is 1. The summed E-state index contributed by atoms with van der Waals surface area (Å²) >= 11 is 0. The Hall–Kier alpha value is -1.27. The predicted octanol–water partition coefficient (Wildman–Crippen LogP) is 3.22. The third kappa shape index (κ3) is 3.80. The van der Waals surface area contributed by atoms with Crippen molar-refractivity contribution in [1.82, 2.24) is 4.98 Å². The second-order valence-corrected chi connectivity index (χ2v) is 9.33. The van der Waals surface area contributed by atoms with Crippen molar-refractivity contribution in [2.45, 2.75) is 84.5 Å². The lowest BCUT2D eigenvalue weighted by Crippen LogP contribution is -2.41. The molecular formula is C19H30BNO4. The van der Waals surface area contributed by atoms with Crippen molar-refractivity contribution in [2.75, 3.05) is 0 Å². The average Bonchev–Trinajstić information content (AvgIpc) is 3.07. The quantitative estimate of drug-likeness (QED) is 0.671. The molecule has 2 aliphatic rings. The molecule has 138 valence electrons. The highest BCUT2D eigenvalue weighted by Gasteiger charge is 2.53. The van der Waals surface area contributed by atoms with Gasteiger partial charge in [0.1, 0.15) is 5.60 Å². The fraction of sp³-hybridized carbons (Fsp3) is 0.737. The highest BCUT2D eigenvalue weighted by molar-refractivity contribution is 6.62. The number of aromatic nitrogens is 1. The normalized spacial score (nSPS) is 22.3. The summed E-state index contributed by atoms with van der Waals surface area (Å²) in [5.41, 5.74) is 1.10. The van der Waals surface area contributed by atoms with Crippen LogP contribution in [0.25, 0.3) is 0 Å². The van der Waals surface area contributed by atoms with Gasteiger partial charge in [-0.3, -0.25) is 0 Å². The van der Waals surface area contributed by atoms with E-state index in [4.69, 9.17) is 14.0 Å². The van der Waals surface area contributed by atoms with Crippen LogP contribution in [0.15, 0.2) is 6.20 Å². The van der Waals surface area contributed by atoms with Crippen molar-refractivity contribution >= 4 is 18.7 Å². The molecule has 3 rings (SSSR count). The van der Waals surface area contributed by atoms with Crippen molar-refractivity contribution in [3.63, 3.8) is 0 Å². The Balaban J connectivity index is 1.91. The van der Waals surface area contributed by atoms with Gasteiger partial charge in [-0.1, -0.05) is 0 Å². The van der Waals surface area contributed by atoms with Gasteiger partial charge in [0.15, 0.2) is 0 Å². The average molecular weight is 347 g/mol. The van der Waals surface area contributed by atoms with Gasteiger partial charge in [-0.15, -0.1) is 0 Å². The van der Waals surface area contributed by atoms with Crippen LogP contribution in [-0.2, 0) is 20.5 Å². The minimum absolute atomic E-state index is 0.290. The third-order valence-corrected chi connectivity index (χ3v) is 5.32. The third-order valence-electron chi connectivity index (χ3n) is 5.32. The van der Waals surface area contributed by atoms with Crippen LogP contribution >= 0.6 is 0 Å². The lowest BCUT2D eigenvalue weighted by molar-refractivity contribution is 0.00578. The van der Waals surface area contributed by atoms with Crippen LogP contribution in [0.3, 0.4) is 0 Å². The second kappa shape index (κ2) is 5.88. The molecule has 0 atom stereocenters. The van der Waals surface area contributed by atoms with Gasteiger partial charge >= 0.3 is 13.1 Å². The molecule has 0 aromatic carbocycles. The van der Waals surface area contributed by atoms with Gasteiger partial charge in [-0.05, 0) is 79.2 Å². The molecule has 0 unspecified atom stereocenters. The number of esters is 1. The number of H-pyrrole nitrogens is 1. The minimum atomic E-state index is -0.518. The highest BCUT2D eigenvalue weighted by atomic mass is 16.7. The van der Waals surface area contributed by atoms with Crippen LogP contribution in [0.2, 0.25) is 0 Å². The van der Waals surface area contributed by atoms with Gasteiger partial charge in [0.2, 0.25) is 0 Å². The maximum Gasteiger partial charge on any atom is 0.512 e. The predicted molar refractivity (Wildman–Crippen MR) is 98.1 cm³/mol. The molecule has 1 aromatic heterocycles. The summed E-state index contributed by atoms with van der Waals surface area (Å²) < 4.78 is 17.9. The van der Waals surface area contributed by atoms with Crippen LogP contribution in [0.5, 0.6) is 0 Å². The van der Waals surface area contributed by atoms with E-state index in [1.165, 1.54) is 12.8 Å². The largest absolute Gasteiger partial charge is 0.512 e. The molecule has 1 saturated carbocycles. The molecule has 2 heterocycles. The van der Waals surface area contributed by atoms with Crippen LogP contribution in [0, 0.1) is 5.92 Å². The van der Waals surface area contributed by atoms with Crippen molar-refractivity contribution in [2.24, 2.45) is 5.92 Å². The summed E-state index contributed by atoms with van der Waals surface area (Å²) in [4.78, 5) is 15.9. The Labute approximate surface area is 150 Å². The Morgan fingerprint density at radius 3 is 2.28 bits per heavy atom. The molecule has 25 heavy (non-hydrogen) atoms. The molecule has 1 saturated heterocycles. The van der Waals surface area contributed by atoms with E-state index in [0.717, 1.165) is 17.6 Å². The standard InChI is InChI=1S/C19H30BNO4/c1-17(2,3)23-16(22)14-11-21-15(13(14)10-12-8-9-12)20-24-18(4,5)19(6,7)25-20/h11-12,21H,8-10H2,1-7H3. The van der Waals surface area contributed by atoms with Crippen LogP contribution < -0.4 is 5.59 Å². The SMILES string of the molecule is CC(C)(C)OC(=O)c1c[nH]c(B2OC(C)(C)C(C)(C)O2)c1CC1CC1. The van der Waals surface area contributed by atoms with E-state index in [9.17, 15) is 4.79 Å². The molecule has 2 fully saturated rings. The zero-order valence-electron chi connectivity index (χ0n) is 16.5. The molecule has 0 amide bonds. The zero-order chi connectivity index (χ0) is 18.6. The first-order chi connectivity index (χ1) is 11.4. The zero-order valence-corrected chi connectivity index (χ0v) is 16.5. The molecule has 1 aliphatic carbocycles. The first-order valence-electron chi connectivity index (χ1n) is 9.19. The smallest absolute Gasteiger partial charge is 0.456 e. The molecule has 1 N–H and O–H groups in total. The Morgan fingerprint density at radius 2 is 1.80 bits per heavy atom. The van der Waals surface area contributed by atoms with E-state index in [0.29, 0.717) is 11.5 Å². The Morgan fingerprint density at radius 1 is 1.24 bits per heavy atom. The second-order valence-electron chi connectivity index (χ2n) is 9.33. The summed E-state index contributed by atoms with van der Waals surface area (Å²) in [5, 5.41) is 0. The summed E-state index contributed by atoms with van der Waals surface area (Å²) in [6, 6.07) is 0. The van der Waals surface area contributed by atoms with Crippen molar-refractivity contribution < 1.29 is 18.8 Å². The number of hydrogen-bond donors (Lipinski definition) is 1. The molecule has 0 radical (unpaired) electrons. The molecule has 6 heteroatoms. The van der Waals surface area contributed by atoms with E-state index >= 15 is 0 Å². The first-order valence-corrected chi connectivity index (χ1v) is 9.19. The monoisotopic (exact) mass is 347 g/mol. The maximum absolute atomic E-state index is 12.6. The van der Waals surface area contributed by atoms with Crippen molar-refractivity contribution in [1.29, 1.82) is 0 Å². The first kappa shape index (κ1) is 18.5. The summed E-state index contributed by atoms with van der Waals surface area (Å²) in [5.74, 6) is 0.348. The van der Waals surface area contributed by atoms with E-state index < -0.39 is 23.9 Å². The number of hydrogen-bond acceptors (Lipinski definition) is 4. The number of ether oxygens (including phenoxy) is 1. The number of rotatable bonds is 4. The molecule has 1 aliphatic heterocycles. The van der Waals surface area contributed by atoms with Crippen molar-refractivity contribution in [3.05, 3.63) is 17.3 Å². The van der Waals surface area contributed by atoms with Gasteiger partial charge in [-0.25, -0.2) is 4.79 Å². The van der Waals surface area contributed by atoms with Gasteiger partial charge in [0.05, 0.1) is 16.8 Å². The minimum Gasteiger partial charge on any atom is -0.456 e. The van der Waals surface area contributed by atoms with Crippen LogP contribution in [0.4, 0.5) is 0 Å². The fourth-order valence-corrected chi connectivity index (χ4v) is 2.99. The van der Waals surface area contributed by atoms with Gasteiger partial charge < -0.3 is 19.0 Å². The molecule has 0 bridgehead atoms. The molecule has 5 nitrogen and oxygen atoms in total. The van der Waals surface area contributed by atoms with Crippen molar-refractivity contribution in [3.8, 4) is 0 Å².